The van der Waals surface area contributed by atoms with Crippen LogP contribution < -0.4 is 8.92 Å². The summed E-state index contributed by atoms with van der Waals surface area (Å²) >= 11 is 0. The SMILES string of the molecule is CCCCCC(C)Cc1ccc(OC)c(OS(=O)(=O)c2cccc(F)c2)c1CC(C)C. The first-order valence-electron chi connectivity index (χ1n) is 11.1. The highest BCUT2D eigenvalue weighted by Crippen LogP contribution is 2.38. The number of benzene rings is 2. The third-order valence-electron chi connectivity index (χ3n) is 5.30. The number of unbranched alkanes of at least 4 members (excludes halogenated alkanes) is 2. The van der Waals surface area contributed by atoms with Crippen LogP contribution in [0.4, 0.5) is 4.39 Å². The zero-order chi connectivity index (χ0) is 23.0. The molecule has 0 N–H and O–H groups in total. The lowest BCUT2D eigenvalue weighted by atomic mass is 9.89. The van der Waals surface area contributed by atoms with Crippen LogP contribution in [0.2, 0.25) is 0 Å². The van der Waals surface area contributed by atoms with Gasteiger partial charge in [-0.05, 0) is 54.5 Å². The molecule has 0 saturated heterocycles. The molecule has 2 aromatic carbocycles. The Hall–Kier alpha value is -2.08. The predicted octanol–water partition coefficient (Wildman–Crippen LogP) is 6.56. The number of ether oxygens (including phenoxy) is 1. The summed E-state index contributed by atoms with van der Waals surface area (Å²) in [7, 11) is -2.72. The predicted molar refractivity (Wildman–Crippen MR) is 123 cm³/mol. The number of hydrogen-bond acceptors (Lipinski definition) is 4. The Labute approximate surface area is 186 Å². The first-order valence-corrected chi connectivity index (χ1v) is 12.5. The van der Waals surface area contributed by atoms with Crippen LogP contribution in [0, 0.1) is 17.7 Å². The van der Waals surface area contributed by atoms with Crippen molar-refractivity contribution in [1.29, 1.82) is 0 Å². The fourth-order valence-corrected chi connectivity index (χ4v) is 4.72. The summed E-state index contributed by atoms with van der Waals surface area (Å²) in [5, 5.41) is 0. The molecule has 1 unspecified atom stereocenters. The molecule has 0 bridgehead atoms. The standard InChI is InChI=1S/C25H35FO4S/c1-6-7-8-10-19(4)16-20-13-14-24(29-5)25(23(20)15-18(2)3)30-31(27,28)22-12-9-11-21(26)17-22/h9,11-14,17-19H,6-8,10,15-16H2,1-5H3. The third-order valence-corrected chi connectivity index (χ3v) is 6.52. The van der Waals surface area contributed by atoms with E-state index in [4.69, 9.17) is 8.92 Å². The third kappa shape index (κ3) is 7.23. The molecule has 172 valence electrons. The maximum Gasteiger partial charge on any atom is 0.339 e. The van der Waals surface area contributed by atoms with E-state index in [0.717, 1.165) is 30.0 Å². The summed E-state index contributed by atoms with van der Waals surface area (Å²) in [5.41, 5.74) is 1.92. The second kappa shape index (κ2) is 11.5. The van der Waals surface area contributed by atoms with Crippen molar-refractivity contribution in [1.82, 2.24) is 0 Å². The van der Waals surface area contributed by atoms with Gasteiger partial charge in [0.15, 0.2) is 11.5 Å². The highest BCUT2D eigenvalue weighted by Gasteiger charge is 2.25. The molecule has 0 amide bonds. The van der Waals surface area contributed by atoms with Crippen molar-refractivity contribution >= 4 is 10.1 Å². The van der Waals surface area contributed by atoms with E-state index in [1.165, 1.54) is 44.6 Å². The zero-order valence-corrected chi connectivity index (χ0v) is 20.1. The molecular formula is C25H35FO4S. The maximum absolute atomic E-state index is 13.6. The van der Waals surface area contributed by atoms with Crippen molar-refractivity contribution < 1.29 is 21.7 Å². The van der Waals surface area contributed by atoms with Gasteiger partial charge in [0.25, 0.3) is 0 Å². The van der Waals surface area contributed by atoms with E-state index in [-0.39, 0.29) is 10.6 Å². The van der Waals surface area contributed by atoms with Crippen molar-refractivity contribution in [3.05, 3.63) is 53.3 Å². The monoisotopic (exact) mass is 450 g/mol. The summed E-state index contributed by atoms with van der Waals surface area (Å²) < 4.78 is 50.5. The van der Waals surface area contributed by atoms with Gasteiger partial charge in [-0.15, -0.1) is 0 Å². The van der Waals surface area contributed by atoms with E-state index in [9.17, 15) is 12.8 Å². The summed E-state index contributed by atoms with van der Waals surface area (Å²) in [6.45, 7) is 8.58. The van der Waals surface area contributed by atoms with Gasteiger partial charge in [-0.2, -0.15) is 8.42 Å². The largest absolute Gasteiger partial charge is 0.493 e. The van der Waals surface area contributed by atoms with Crippen LogP contribution in [0.1, 0.15) is 64.5 Å². The lowest BCUT2D eigenvalue weighted by Gasteiger charge is -2.21. The van der Waals surface area contributed by atoms with E-state index >= 15 is 0 Å². The molecule has 0 heterocycles. The minimum atomic E-state index is -4.21. The molecule has 0 aliphatic rings. The van der Waals surface area contributed by atoms with Gasteiger partial charge in [0.05, 0.1) is 7.11 Å². The molecule has 2 rings (SSSR count). The maximum atomic E-state index is 13.6. The van der Waals surface area contributed by atoms with Gasteiger partial charge in [-0.1, -0.05) is 65.5 Å². The average molecular weight is 451 g/mol. The lowest BCUT2D eigenvalue weighted by molar-refractivity contribution is 0.386. The Balaban J connectivity index is 2.46. The topological polar surface area (TPSA) is 52.6 Å². The van der Waals surface area contributed by atoms with Gasteiger partial charge in [0.2, 0.25) is 0 Å². The van der Waals surface area contributed by atoms with Crippen LogP contribution in [0.15, 0.2) is 41.3 Å². The van der Waals surface area contributed by atoms with Crippen LogP contribution in [-0.4, -0.2) is 15.5 Å². The van der Waals surface area contributed by atoms with Gasteiger partial charge in [0, 0.05) is 5.56 Å². The molecule has 0 radical (unpaired) electrons. The molecule has 6 heteroatoms. The molecule has 31 heavy (non-hydrogen) atoms. The Morgan fingerprint density at radius 3 is 2.39 bits per heavy atom. The van der Waals surface area contributed by atoms with Crippen LogP contribution in [0.3, 0.4) is 0 Å². The normalized spacial score (nSPS) is 12.7. The molecule has 0 aliphatic heterocycles. The average Bonchev–Trinajstić information content (AvgIpc) is 2.70. The van der Waals surface area contributed by atoms with Crippen molar-refractivity contribution in [3.8, 4) is 11.5 Å². The fraction of sp³-hybridized carbons (Fsp3) is 0.520. The highest BCUT2D eigenvalue weighted by atomic mass is 32.2. The van der Waals surface area contributed by atoms with Crippen LogP contribution in [0.25, 0.3) is 0 Å². The molecule has 0 fully saturated rings. The Morgan fingerprint density at radius 1 is 1.03 bits per heavy atom. The van der Waals surface area contributed by atoms with Gasteiger partial charge in [-0.25, -0.2) is 4.39 Å². The second-order valence-corrected chi connectivity index (χ2v) is 10.2. The molecule has 0 saturated carbocycles. The number of methoxy groups -OCH3 is 1. The minimum absolute atomic E-state index is 0.207. The Bertz CT molecular complexity index is 954. The summed E-state index contributed by atoms with van der Waals surface area (Å²) in [5.74, 6) is 0.699. The molecule has 0 aliphatic carbocycles. The molecule has 4 nitrogen and oxygen atoms in total. The van der Waals surface area contributed by atoms with E-state index in [1.54, 1.807) is 6.07 Å². The molecule has 0 spiro atoms. The van der Waals surface area contributed by atoms with Crippen LogP contribution in [-0.2, 0) is 23.0 Å². The van der Waals surface area contributed by atoms with Crippen LogP contribution >= 0.6 is 0 Å². The smallest absolute Gasteiger partial charge is 0.339 e. The zero-order valence-electron chi connectivity index (χ0n) is 19.3. The van der Waals surface area contributed by atoms with Gasteiger partial charge >= 0.3 is 10.1 Å². The van der Waals surface area contributed by atoms with Crippen LogP contribution in [0.5, 0.6) is 11.5 Å². The quantitative estimate of drug-likeness (QED) is 0.271. The number of rotatable bonds is 12. The van der Waals surface area contributed by atoms with Gasteiger partial charge in [-0.3, -0.25) is 0 Å². The number of halogens is 1. The summed E-state index contributed by atoms with van der Waals surface area (Å²) in [6, 6.07) is 8.61. The first kappa shape index (κ1) is 25.2. The summed E-state index contributed by atoms with van der Waals surface area (Å²) in [6.07, 6.45) is 6.20. The summed E-state index contributed by atoms with van der Waals surface area (Å²) in [4.78, 5) is -0.219. The highest BCUT2D eigenvalue weighted by molar-refractivity contribution is 7.87. The minimum Gasteiger partial charge on any atom is -0.493 e. The van der Waals surface area contributed by atoms with Gasteiger partial charge in [0.1, 0.15) is 10.7 Å². The Kier molecular flexibility index (Phi) is 9.35. The second-order valence-electron chi connectivity index (χ2n) is 8.63. The van der Waals surface area contributed by atoms with E-state index in [0.29, 0.717) is 24.0 Å². The van der Waals surface area contributed by atoms with Crippen molar-refractivity contribution in [2.75, 3.05) is 7.11 Å². The number of hydrogen-bond donors (Lipinski definition) is 0. The van der Waals surface area contributed by atoms with E-state index in [1.807, 2.05) is 6.07 Å². The molecule has 1 atom stereocenters. The Morgan fingerprint density at radius 2 is 1.77 bits per heavy atom. The lowest BCUT2D eigenvalue weighted by Crippen LogP contribution is -2.14. The molecule has 2 aromatic rings. The first-order chi connectivity index (χ1) is 14.7. The fourth-order valence-electron chi connectivity index (χ4n) is 3.72. The van der Waals surface area contributed by atoms with Gasteiger partial charge < -0.3 is 8.92 Å². The molecule has 0 aromatic heterocycles. The van der Waals surface area contributed by atoms with E-state index < -0.39 is 15.9 Å². The molecular weight excluding hydrogens is 415 g/mol. The van der Waals surface area contributed by atoms with Crippen molar-refractivity contribution in [3.63, 3.8) is 0 Å². The van der Waals surface area contributed by atoms with Crippen molar-refractivity contribution in [2.45, 2.75) is 71.1 Å². The van der Waals surface area contributed by atoms with E-state index in [2.05, 4.69) is 27.7 Å². The van der Waals surface area contributed by atoms with Crippen molar-refractivity contribution in [2.24, 2.45) is 11.8 Å².